The third-order valence-corrected chi connectivity index (χ3v) is 4.55. The number of rotatable bonds is 10. The first-order valence-electron chi connectivity index (χ1n) is 10.1. The van der Waals surface area contributed by atoms with Crippen LogP contribution in [-0.4, -0.2) is 23.6 Å². The molecule has 0 aliphatic rings. The molecule has 0 fully saturated rings. The molecular weight excluding hydrogens is 320 g/mol. The quantitative estimate of drug-likeness (QED) is 0.516. The van der Waals surface area contributed by atoms with Gasteiger partial charge < -0.3 is 16.4 Å². The molecule has 2 rings (SSSR count). The maximum Gasteiger partial charge on any atom is 0.147 e. The summed E-state index contributed by atoms with van der Waals surface area (Å²) in [5.74, 6) is 0.596. The van der Waals surface area contributed by atoms with Gasteiger partial charge in [-0.1, -0.05) is 31.9 Å². The fourth-order valence-electron chi connectivity index (χ4n) is 3.02. The molecule has 2 aromatic rings. The number of unbranched alkanes of at least 4 members (excludes halogenated alkanes) is 3. The minimum atomic E-state index is 0.216. The summed E-state index contributed by atoms with van der Waals surface area (Å²) < 4.78 is 0. The van der Waals surface area contributed by atoms with Crippen molar-refractivity contribution in [1.29, 1.82) is 0 Å². The fraction of sp³-hybridized carbons (Fsp3) is 0.591. The van der Waals surface area contributed by atoms with Crippen molar-refractivity contribution >= 4 is 22.4 Å². The topological polar surface area (TPSA) is 63.0 Å². The second-order valence-electron chi connectivity index (χ2n) is 8.22. The minimum Gasteiger partial charge on any atom is -0.382 e. The average molecular weight is 357 g/mol. The third-order valence-electron chi connectivity index (χ3n) is 4.55. The van der Waals surface area contributed by atoms with Crippen LogP contribution in [-0.2, 0) is 6.42 Å². The molecule has 1 heterocycles. The monoisotopic (exact) mass is 356 g/mol. The van der Waals surface area contributed by atoms with Crippen LogP contribution in [0.15, 0.2) is 24.3 Å². The molecule has 0 spiro atoms. The summed E-state index contributed by atoms with van der Waals surface area (Å²) in [6, 6.07) is 8.71. The lowest BCUT2D eigenvalue weighted by atomic mass is 10.0. The van der Waals surface area contributed by atoms with Gasteiger partial charge in [-0.2, -0.15) is 0 Å². The van der Waals surface area contributed by atoms with Gasteiger partial charge in [0.1, 0.15) is 5.82 Å². The van der Waals surface area contributed by atoms with Gasteiger partial charge in [-0.25, -0.2) is 4.98 Å². The summed E-state index contributed by atoms with van der Waals surface area (Å²) in [4.78, 5) is 4.60. The number of nitrogens with two attached hydrogens (primary N) is 1. The van der Waals surface area contributed by atoms with E-state index in [1.54, 1.807) is 0 Å². The lowest BCUT2D eigenvalue weighted by molar-refractivity contribution is 0.417. The lowest BCUT2D eigenvalue weighted by Crippen LogP contribution is -2.36. The van der Waals surface area contributed by atoms with Crippen LogP contribution in [0.5, 0.6) is 0 Å². The van der Waals surface area contributed by atoms with Gasteiger partial charge in [-0.15, -0.1) is 0 Å². The third kappa shape index (κ3) is 6.83. The van der Waals surface area contributed by atoms with Crippen molar-refractivity contribution in [3.05, 3.63) is 29.8 Å². The van der Waals surface area contributed by atoms with Gasteiger partial charge in [0.2, 0.25) is 0 Å². The molecule has 0 bridgehead atoms. The highest BCUT2D eigenvalue weighted by atomic mass is 15.0. The van der Waals surface area contributed by atoms with E-state index in [-0.39, 0.29) is 5.54 Å². The number of nitrogens with zero attached hydrogens (tertiary/aromatic N) is 1. The van der Waals surface area contributed by atoms with Gasteiger partial charge in [0, 0.05) is 17.5 Å². The first-order chi connectivity index (χ1) is 12.4. The van der Waals surface area contributed by atoms with Crippen molar-refractivity contribution in [3.63, 3.8) is 0 Å². The Balaban J connectivity index is 1.87. The normalized spacial score (nSPS) is 11.8. The zero-order valence-electron chi connectivity index (χ0n) is 17.0. The van der Waals surface area contributed by atoms with Crippen LogP contribution in [0.3, 0.4) is 0 Å². The van der Waals surface area contributed by atoms with Crippen LogP contribution in [0.1, 0.15) is 65.4 Å². The molecule has 4 nitrogen and oxygen atoms in total. The summed E-state index contributed by atoms with van der Waals surface area (Å²) in [7, 11) is 0. The van der Waals surface area contributed by atoms with Crippen molar-refractivity contribution < 1.29 is 0 Å². The Kier molecular flexibility index (Phi) is 7.70. The number of nitrogens with one attached hydrogen (secondary N) is 2. The summed E-state index contributed by atoms with van der Waals surface area (Å²) in [6.07, 6.45) is 7.10. The van der Waals surface area contributed by atoms with Crippen LogP contribution >= 0.6 is 0 Å². The summed E-state index contributed by atoms with van der Waals surface area (Å²) >= 11 is 0. The number of aromatic nitrogens is 1. The second kappa shape index (κ2) is 9.77. The molecule has 4 N–H and O–H groups in total. The predicted octanol–water partition coefficient (Wildman–Crippen LogP) is 5.13. The molecule has 0 saturated heterocycles. The van der Waals surface area contributed by atoms with E-state index in [1.807, 2.05) is 0 Å². The smallest absolute Gasteiger partial charge is 0.147 e. The van der Waals surface area contributed by atoms with Crippen molar-refractivity contribution in [2.45, 2.75) is 71.8 Å². The lowest BCUT2D eigenvalue weighted by Gasteiger charge is -2.20. The average Bonchev–Trinajstić information content (AvgIpc) is 2.57. The SMILES string of the molecule is CCCCNc1cc2ccc(CCCCCNC(C)(C)C)cc2nc1N. The molecule has 0 saturated carbocycles. The number of hydrogen-bond donors (Lipinski definition) is 3. The van der Waals surface area contributed by atoms with Crippen molar-refractivity contribution in [3.8, 4) is 0 Å². The molecule has 0 unspecified atom stereocenters. The summed E-state index contributed by atoms with van der Waals surface area (Å²) in [6.45, 7) is 10.9. The van der Waals surface area contributed by atoms with E-state index in [4.69, 9.17) is 5.73 Å². The highest BCUT2D eigenvalue weighted by Crippen LogP contribution is 2.24. The van der Waals surface area contributed by atoms with Crippen molar-refractivity contribution in [1.82, 2.24) is 10.3 Å². The van der Waals surface area contributed by atoms with Crippen molar-refractivity contribution in [2.75, 3.05) is 24.1 Å². The Bertz CT molecular complexity index is 688. The fourth-order valence-corrected chi connectivity index (χ4v) is 3.02. The molecule has 1 aromatic carbocycles. The van der Waals surface area contributed by atoms with E-state index < -0.39 is 0 Å². The maximum atomic E-state index is 6.13. The molecule has 0 aliphatic carbocycles. The van der Waals surface area contributed by atoms with Crippen LogP contribution in [0.4, 0.5) is 11.5 Å². The number of anilines is 2. The molecule has 0 atom stereocenters. The van der Waals surface area contributed by atoms with Crippen LogP contribution in [0.25, 0.3) is 10.9 Å². The van der Waals surface area contributed by atoms with E-state index in [0.29, 0.717) is 5.82 Å². The van der Waals surface area contributed by atoms with E-state index >= 15 is 0 Å². The Morgan fingerprint density at radius 3 is 2.54 bits per heavy atom. The number of benzene rings is 1. The van der Waals surface area contributed by atoms with Gasteiger partial charge in [0.25, 0.3) is 0 Å². The van der Waals surface area contributed by atoms with Gasteiger partial charge >= 0.3 is 0 Å². The number of aryl methyl sites for hydroxylation is 1. The molecule has 0 radical (unpaired) electrons. The molecule has 26 heavy (non-hydrogen) atoms. The molecule has 1 aromatic heterocycles. The summed E-state index contributed by atoms with van der Waals surface area (Å²) in [5.41, 5.74) is 9.64. The number of pyridine rings is 1. The first kappa shape index (κ1) is 20.5. The minimum absolute atomic E-state index is 0.216. The second-order valence-corrected chi connectivity index (χ2v) is 8.22. The maximum absolute atomic E-state index is 6.13. The van der Waals surface area contributed by atoms with E-state index in [0.717, 1.165) is 42.5 Å². The Hall–Kier alpha value is -1.81. The standard InChI is InChI=1S/C22H36N4/c1-5-6-13-24-20-16-18-12-11-17(15-19(18)26-21(20)23)10-8-7-9-14-25-22(2,3)4/h11-12,15-16,24-25H,5-10,13-14H2,1-4H3,(H2,23,26). The van der Waals surface area contributed by atoms with Gasteiger partial charge in [0.05, 0.1) is 11.2 Å². The van der Waals surface area contributed by atoms with Crippen molar-refractivity contribution in [2.24, 2.45) is 0 Å². The first-order valence-corrected chi connectivity index (χ1v) is 10.1. The molecule has 4 heteroatoms. The largest absolute Gasteiger partial charge is 0.382 e. The van der Waals surface area contributed by atoms with Gasteiger partial charge in [-0.05, 0) is 70.7 Å². The highest BCUT2D eigenvalue weighted by molar-refractivity contribution is 5.86. The molecular formula is C22H36N4. The molecule has 0 aliphatic heterocycles. The van der Waals surface area contributed by atoms with E-state index in [2.05, 4.69) is 67.6 Å². The number of nitrogen functional groups attached to an aromatic ring is 1. The predicted molar refractivity (Wildman–Crippen MR) is 115 cm³/mol. The van der Waals surface area contributed by atoms with E-state index in [1.165, 1.54) is 31.2 Å². The van der Waals surface area contributed by atoms with Gasteiger partial charge in [-0.3, -0.25) is 0 Å². The Labute approximate surface area is 159 Å². The summed E-state index contributed by atoms with van der Waals surface area (Å²) in [5, 5.41) is 8.09. The Morgan fingerprint density at radius 1 is 1.00 bits per heavy atom. The zero-order valence-corrected chi connectivity index (χ0v) is 17.0. The highest BCUT2D eigenvalue weighted by Gasteiger charge is 2.07. The van der Waals surface area contributed by atoms with Crippen LogP contribution < -0.4 is 16.4 Å². The van der Waals surface area contributed by atoms with Gasteiger partial charge in [0.15, 0.2) is 0 Å². The Morgan fingerprint density at radius 2 is 1.81 bits per heavy atom. The zero-order chi connectivity index (χ0) is 19.0. The van der Waals surface area contributed by atoms with Crippen LogP contribution in [0.2, 0.25) is 0 Å². The number of hydrogen-bond acceptors (Lipinski definition) is 4. The number of fused-ring (bicyclic) bond motifs is 1. The van der Waals surface area contributed by atoms with Crippen LogP contribution in [0, 0.1) is 0 Å². The molecule has 144 valence electrons. The molecule has 0 amide bonds. The van der Waals surface area contributed by atoms with E-state index in [9.17, 15) is 0 Å².